The Hall–Kier alpha value is -2.28. The zero-order chi connectivity index (χ0) is 16.7. The lowest BCUT2D eigenvalue weighted by Gasteiger charge is -2.27. The number of hydrogen-bond donors (Lipinski definition) is 1. The zero-order valence-corrected chi connectivity index (χ0v) is 13.5. The van der Waals surface area contributed by atoms with Crippen molar-refractivity contribution in [3.8, 4) is 11.5 Å². The number of rotatable bonds is 6. The number of carbonyl (C=O) groups is 2. The van der Waals surface area contributed by atoms with Crippen molar-refractivity contribution in [2.45, 2.75) is 6.92 Å². The van der Waals surface area contributed by atoms with Gasteiger partial charge in [0.15, 0.2) is 18.1 Å². The van der Waals surface area contributed by atoms with Crippen molar-refractivity contribution in [2.24, 2.45) is 0 Å². The lowest BCUT2D eigenvalue weighted by Crippen LogP contribution is -2.46. The second-order valence-electron chi connectivity index (χ2n) is 5.00. The molecule has 0 aliphatic carbocycles. The average Bonchev–Trinajstić information content (AvgIpc) is 2.60. The van der Waals surface area contributed by atoms with E-state index >= 15 is 0 Å². The molecule has 0 bridgehead atoms. The van der Waals surface area contributed by atoms with Crippen LogP contribution < -0.4 is 14.8 Å². The van der Waals surface area contributed by atoms with Gasteiger partial charge >= 0.3 is 5.97 Å². The molecule has 1 aromatic rings. The van der Waals surface area contributed by atoms with Crippen LogP contribution in [0.25, 0.3) is 0 Å². The molecule has 1 N–H and O–H groups in total. The largest absolute Gasteiger partial charge is 0.490 e. The molecule has 0 unspecified atom stereocenters. The van der Waals surface area contributed by atoms with Crippen LogP contribution in [0.5, 0.6) is 11.5 Å². The summed E-state index contributed by atoms with van der Waals surface area (Å²) in [5.74, 6) is 0.340. The Morgan fingerprint density at radius 3 is 2.57 bits per heavy atom. The number of benzene rings is 1. The maximum Gasteiger partial charge on any atom is 0.343 e. The van der Waals surface area contributed by atoms with Gasteiger partial charge in [-0.15, -0.1) is 0 Å². The van der Waals surface area contributed by atoms with E-state index in [0.717, 1.165) is 13.1 Å². The Labute approximate surface area is 135 Å². The fraction of sp³-hybridized carbons (Fsp3) is 0.500. The Kier molecular flexibility index (Phi) is 6.22. The molecule has 1 aromatic carbocycles. The predicted octanol–water partition coefficient (Wildman–Crippen LogP) is 0.682. The van der Waals surface area contributed by atoms with Gasteiger partial charge in [-0.2, -0.15) is 0 Å². The van der Waals surface area contributed by atoms with E-state index in [1.54, 1.807) is 23.1 Å². The summed E-state index contributed by atoms with van der Waals surface area (Å²) in [5.41, 5.74) is 0.542. The van der Waals surface area contributed by atoms with Gasteiger partial charge in [0.25, 0.3) is 5.91 Å². The van der Waals surface area contributed by atoms with Crippen molar-refractivity contribution >= 4 is 11.9 Å². The minimum absolute atomic E-state index is 0.0352. The van der Waals surface area contributed by atoms with Crippen molar-refractivity contribution in [3.05, 3.63) is 23.8 Å². The van der Waals surface area contributed by atoms with E-state index in [0.29, 0.717) is 36.8 Å². The fourth-order valence-electron chi connectivity index (χ4n) is 2.27. The third-order valence-electron chi connectivity index (χ3n) is 3.47. The Bertz CT molecular complexity index is 555. The third kappa shape index (κ3) is 4.59. The van der Waals surface area contributed by atoms with Crippen LogP contribution in [0.3, 0.4) is 0 Å². The highest BCUT2D eigenvalue weighted by atomic mass is 16.6. The lowest BCUT2D eigenvalue weighted by molar-refractivity contribution is -0.142. The van der Waals surface area contributed by atoms with Crippen molar-refractivity contribution in [1.29, 1.82) is 0 Å². The molecule has 1 aliphatic rings. The van der Waals surface area contributed by atoms with E-state index in [1.165, 1.54) is 7.11 Å². The third-order valence-corrected chi connectivity index (χ3v) is 3.47. The molecular formula is C16H22N2O5. The summed E-state index contributed by atoms with van der Waals surface area (Å²) in [4.78, 5) is 25.5. The van der Waals surface area contributed by atoms with Crippen LogP contribution in [0.1, 0.15) is 17.3 Å². The summed E-state index contributed by atoms with van der Waals surface area (Å²) in [6, 6.07) is 4.98. The van der Waals surface area contributed by atoms with E-state index in [9.17, 15) is 9.59 Å². The molecule has 0 spiro atoms. The summed E-state index contributed by atoms with van der Waals surface area (Å²) in [6.45, 7) is 5.03. The maximum atomic E-state index is 12.5. The summed E-state index contributed by atoms with van der Waals surface area (Å²) in [6.07, 6.45) is 0. The smallest absolute Gasteiger partial charge is 0.343 e. The summed E-state index contributed by atoms with van der Waals surface area (Å²) < 4.78 is 15.5. The number of carbonyl (C=O) groups excluding carboxylic acids is 2. The van der Waals surface area contributed by atoms with Crippen LogP contribution in [0, 0.1) is 0 Å². The first-order valence-electron chi connectivity index (χ1n) is 7.62. The molecule has 7 heteroatoms. The Balaban J connectivity index is 2.13. The van der Waals surface area contributed by atoms with Gasteiger partial charge in [0.05, 0.1) is 13.7 Å². The highest BCUT2D eigenvalue weighted by molar-refractivity contribution is 5.95. The highest BCUT2D eigenvalue weighted by Crippen LogP contribution is 2.29. The summed E-state index contributed by atoms with van der Waals surface area (Å²) in [7, 11) is 1.30. The van der Waals surface area contributed by atoms with Gasteiger partial charge in [0.2, 0.25) is 0 Å². The Morgan fingerprint density at radius 1 is 1.17 bits per heavy atom. The maximum absolute atomic E-state index is 12.5. The molecular weight excluding hydrogens is 300 g/mol. The molecule has 7 nitrogen and oxygen atoms in total. The predicted molar refractivity (Wildman–Crippen MR) is 83.9 cm³/mol. The van der Waals surface area contributed by atoms with E-state index in [2.05, 4.69) is 10.1 Å². The number of methoxy groups -OCH3 is 1. The van der Waals surface area contributed by atoms with Gasteiger partial charge in [-0.05, 0) is 25.1 Å². The van der Waals surface area contributed by atoms with Crippen LogP contribution in [0.4, 0.5) is 0 Å². The van der Waals surface area contributed by atoms with Gasteiger partial charge in [-0.3, -0.25) is 4.79 Å². The fourth-order valence-corrected chi connectivity index (χ4v) is 2.27. The van der Waals surface area contributed by atoms with E-state index < -0.39 is 5.97 Å². The number of nitrogens with one attached hydrogen (secondary N) is 1. The monoisotopic (exact) mass is 322 g/mol. The molecule has 23 heavy (non-hydrogen) atoms. The topological polar surface area (TPSA) is 77.1 Å². The standard InChI is InChI=1S/C16H22N2O5/c1-3-22-14-10-12(16(20)18-8-6-17-7-9-18)4-5-13(14)23-11-15(19)21-2/h4-5,10,17H,3,6-9,11H2,1-2H3. The van der Waals surface area contributed by atoms with Crippen molar-refractivity contribution in [2.75, 3.05) is 46.5 Å². The molecule has 126 valence electrons. The second kappa shape index (κ2) is 8.38. The lowest BCUT2D eigenvalue weighted by atomic mass is 10.1. The van der Waals surface area contributed by atoms with Crippen LogP contribution in [-0.4, -0.2) is 63.3 Å². The average molecular weight is 322 g/mol. The number of piperazine rings is 1. The first kappa shape index (κ1) is 17.1. The van der Waals surface area contributed by atoms with Gasteiger partial charge < -0.3 is 24.4 Å². The minimum atomic E-state index is -0.478. The van der Waals surface area contributed by atoms with Crippen LogP contribution in [0.15, 0.2) is 18.2 Å². The molecule has 1 amide bonds. The summed E-state index contributed by atoms with van der Waals surface area (Å²) in [5, 5.41) is 3.21. The molecule has 0 saturated carbocycles. The SMILES string of the molecule is CCOc1cc(C(=O)N2CCNCC2)ccc1OCC(=O)OC. The number of esters is 1. The zero-order valence-electron chi connectivity index (χ0n) is 13.5. The van der Waals surface area contributed by atoms with Gasteiger partial charge in [-0.1, -0.05) is 0 Å². The first-order chi connectivity index (χ1) is 11.2. The number of nitrogens with zero attached hydrogens (tertiary/aromatic N) is 1. The molecule has 1 fully saturated rings. The molecule has 1 saturated heterocycles. The van der Waals surface area contributed by atoms with Crippen molar-refractivity contribution in [3.63, 3.8) is 0 Å². The van der Waals surface area contributed by atoms with Gasteiger partial charge in [-0.25, -0.2) is 4.79 Å². The molecule has 1 heterocycles. The molecule has 0 aromatic heterocycles. The van der Waals surface area contributed by atoms with E-state index in [-0.39, 0.29) is 12.5 Å². The highest BCUT2D eigenvalue weighted by Gasteiger charge is 2.20. The van der Waals surface area contributed by atoms with E-state index in [4.69, 9.17) is 9.47 Å². The van der Waals surface area contributed by atoms with Crippen molar-refractivity contribution in [1.82, 2.24) is 10.2 Å². The molecule has 2 rings (SSSR count). The van der Waals surface area contributed by atoms with Gasteiger partial charge in [0, 0.05) is 31.7 Å². The van der Waals surface area contributed by atoms with E-state index in [1.807, 2.05) is 6.92 Å². The molecule has 0 atom stereocenters. The van der Waals surface area contributed by atoms with Crippen molar-refractivity contribution < 1.29 is 23.8 Å². The number of amides is 1. The first-order valence-corrected chi connectivity index (χ1v) is 7.62. The quantitative estimate of drug-likeness (QED) is 0.776. The molecule has 1 aliphatic heterocycles. The summed E-state index contributed by atoms with van der Waals surface area (Å²) >= 11 is 0. The minimum Gasteiger partial charge on any atom is -0.490 e. The Morgan fingerprint density at radius 2 is 1.91 bits per heavy atom. The molecule has 0 radical (unpaired) electrons. The van der Waals surface area contributed by atoms with Gasteiger partial charge in [0.1, 0.15) is 0 Å². The normalized spacial score (nSPS) is 14.3. The van der Waals surface area contributed by atoms with Crippen LogP contribution in [-0.2, 0) is 9.53 Å². The van der Waals surface area contributed by atoms with Crippen LogP contribution >= 0.6 is 0 Å². The number of ether oxygens (including phenoxy) is 3. The second-order valence-corrected chi connectivity index (χ2v) is 5.00. The van der Waals surface area contributed by atoms with Crippen LogP contribution in [0.2, 0.25) is 0 Å². The number of hydrogen-bond acceptors (Lipinski definition) is 6.